The molecule has 130 valence electrons. The molecule has 0 atom stereocenters. The first-order chi connectivity index (χ1) is 12.8. The summed E-state index contributed by atoms with van der Waals surface area (Å²) in [6, 6.07) is 10.7. The molecule has 3 aromatic rings. The van der Waals surface area contributed by atoms with Crippen molar-refractivity contribution in [3.05, 3.63) is 47.3 Å². The molecule has 0 unspecified atom stereocenters. The van der Waals surface area contributed by atoms with Crippen molar-refractivity contribution in [1.82, 2.24) is 4.98 Å². The largest absolute Gasteiger partial charge is 0.454 e. The Balaban J connectivity index is 1.35. The van der Waals surface area contributed by atoms with Gasteiger partial charge in [0.15, 0.2) is 28.1 Å². The maximum Gasteiger partial charge on any atom is 0.257 e. The lowest BCUT2D eigenvalue weighted by Gasteiger charge is -2.03. The van der Waals surface area contributed by atoms with Gasteiger partial charge < -0.3 is 18.9 Å². The van der Waals surface area contributed by atoms with Crippen molar-refractivity contribution in [2.45, 2.75) is 0 Å². The molecule has 8 heteroatoms. The zero-order valence-corrected chi connectivity index (χ0v) is 14.2. The lowest BCUT2D eigenvalue weighted by atomic mass is 10.1. The zero-order chi connectivity index (χ0) is 17.5. The molecule has 0 spiro atoms. The van der Waals surface area contributed by atoms with Gasteiger partial charge in [-0.15, -0.1) is 11.3 Å². The highest BCUT2D eigenvalue weighted by Crippen LogP contribution is 2.37. The Bertz CT molecular complexity index is 1020. The summed E-state index contributed by atoms with van der Waals surface area (Å²) in [6.07, 6.45) is 0. The van der Waals surface area contributed by atoms with Gasteiger partial charge in [-0.1, -0.05) is 0 Å². The lowest BCUT2D eigenvalue weighted by Crippen LogP contribution is -2.11. The van der Waals surface area contributed by atoms with Crippen molar-refractivity contribution in [1.29, 1.82) is 0 Å². The fourth-order valence-corrected chi connectivity index (χ4v) is 3.44. The maximum absolute atomic E-state index is 12.4. The van der Waals surface area contributed by atoms with Crippen molar-refractivity contribution >= 4 is 22.4 Å². The standard InChI is InChI=1S/C18H12N2O5S/c21-17(11-2-4-14-16(6-11)25-9-23-14)20-18-19-12(7-26-18)10-1-3-13-15(5-10)24-8-22-13/h1-7H,8-9H2,(H,19,20,21). The van der Waals surface area contributed by atoms with Gasteiger partial charge >= 0.3 is 0 Å². The van der Waals surface area contributed by atoms with Crippen molar-refractivity contribution in [3.63, 3.8) is 0 Å². The fourth-order valence-electron chi connectivity index (χ4n) is 2.73. The van der Waals surface area contributed by atoms with Crippen molar-refractivity contribution in [2.75, 3.05) is 18.9 Å². The van der Waals surface area contributed by atoms with Gasteiger partial charge in [-0.05, 0) is 36.4 Å². The van der Waals surface area contributed by atoms with Gasteiger partial charge in [-0.2, -0.15) is 0 Å². The molecule has 2 aliphatic heterocycles. The highest BCUT2D eigenvalue weighted by atomic mass is 32.1. The summed E-state index contributed by atoms with van der Waals surface area (Å²) in [5.74, 6) is 2.37. The normalized spacial score (nSPS) is 13.7. The van der Waals surface area contributed by atoms with E-state index < -0.39 is 0 Å². The number of carbonyl (C=O) groups is 1. The third-order valence-electron chi connectivity index (χ3n) is 4.03. The van der Waals surface area contributed by atoms with E-state index in [2.05, 4.69) is 10.3 Å². The second-order valence-corrected chi connectivity index (χ2v) is 6.49. The van der Waals surface area contributed by atoms with Gasteiger partial charge in [0.2, 0.25) is 13.6 Å². The first-order valence-electron chi connectivity index (χ1n) is 7.83. The molecule has 0 bridgehead atoms. The second-order valence-electron chi connectivity index (χ2n) is 5.63. The molecule has 1 amide bonds. The van der Waals surface area contributed by atoms with Crippen LogP contribution in [0.2, 0.25) is 0 Å². The van der Waals surface area contributed by atoms with E-state index in [1.165, 1.54) is 11.3 Å². The number of thiazole rings is 1. The van der Waals surface area contributed by atoms with Crippen molar-refractivity contribution < 1.29 is 23.7 Å². The van der Waals surface area contributed by atoms with Crippen LogP contribution in [0.4, 0.5) is 5.13 Å². The third-order valence-corrected chi connectivity index (χ3v) is 4.79. The van der Waals surface area contributed by atoms with Gasteiger partial charge in [0.05, 0.1) is 5.69 Å². The number of ether oxygens (including phenoxy) is 4. The van der Waals surface area contributed by atoms with Crippen LogP contribution in [0.3, 0.4) is 0 Å². The molecular weight excluding hydrogens is 356 g/mol. The lowest BCUT2D eigenvalue weighted by molar-refractivity contribution is 0.102. The SMILES string of the molecule is O=C(Nc1nc(-c2ccc3c(c2)OCO3)cs1)c1ccc2c(c1)OCO2. The van der Waals surface area contributed by atoms with Gasteiger partial charge in [0, 0.05) is 16.5 Å². The summed E-state index contributed by atoms with van der Waals surface area (Å²) in [4.78, 5) is 16.9. The Morgan fingerprint density at radius 2 is 1.62 bits per heavy atom. The number of carbonyl (C=O) groups excluding carboxylic acids is 1. The Morgan fingerprint density at radius 3 is 2.42 bits per heavy atom. The molecule has 5 rings (SSSR count). The average molecular weight is 368 g/mol. The molecule has 3 heterocycles. The molecule has 0 radical (unpaired) electrons. The van der Waals surface area contributed by atoms with Gasteiger partial charge in [0.1, 0.15) is 0 Å². The Labute approximate surface area is 152 Å². The number of nitrogens with zero attached hydrogens (tertiary/aromatic N) is 1. The molecule has 1 N–H and O–H groups in total. The van der Waals surface area contributed by atoms with Crippen LogP contribution in [0.5, 0.6) is 23.0 Å². The summed E-state index contributed by atoms with van der Waals surface area (Å²) in [5.41, 5.74) is 2.14. The van der Waals surface area contributed by atoms with E-state index in [-0.39, 0.29) is 19.5 Å². The fraction of sp³-hybridized carbons (Fsp3) is 0.111. The number of fused-ring (bicyclic) bond motifs is 2. The molecule has 2 aliphatic rings. The molecule has 0 fully saturated rings. The predicted octanol–water partition coefficient (Wildman–Crippen LogP) is 3.52. The van der Waals surface area contributed by atoms with E-state index in [1.807, 2.05) is 23.6 Å². The number of aromatic nitrogens is 1. The van der Waals surface area contributed by atoms with Crippen LogP contribution < -0.4 is 24.3 Å². The number of benzene rings is 2. The van der Waals surface area contributed by atoms with E-state index in [0.717, 1.165) is 17.0 Å². The predicted molar refractivity (Wildman–Crippen MR) is 94.2 cm³/mol. The first kappa shape index (κ1) is 15.0. The number of amides is 1. The third kappa shape index (κ3) is 2.60. The maximum atomic E-state index is 12.4. The number of nitrogens with one attached hydrogen (secondary N) is 1. The quantitative estimate of drug-likeness (QED) is 0.762. The minimum absolute atomic E-state index is 0.172. The van der Waals surface area contributed by atoms with Crippen molar-refractivity contribution in [2.24, 2.45) is 0 Å². The van der Waals surface area contributed by atoms with Gasteiger partial charge in [0.25, 0.3) is 5.91 Å². The molecular formula is C18H12N2O5S. The van der Waals surface area contributed by atoms with Gasteiger partial charge in [-0.25, -0.2) is 4.98 Å². The van der Waals surface area contributed by atoms with Crippen molar-refractivity contribution in [3.8, 4) is 34.3 Å². The van der Waals surface area contributed by atoms with Gasteiger partial charge in [-0.3, -0.25) is 10.1 Å². The number of anilines is 1. The smallest absolute Gasteiger partial charge is 0.257 e. The molecule has 0 saturated carbocycles. The van der Waals surface area contributed by atoms with Crippen LogP contribution in [-0.2, 0) is 0 Å². The van der Waals surface area contributed by atoms with E-state index in [1.54, 1.807) is 18.2 Å². The Hall–Kier alpha value is -3.26. The highest BCUT2D eigenvalue weighted by Gasteiger charge is 2.18. The average Bonchev–Trinajstić information content (AvgIpc) is 3.40. The first-order valence-corrected chi connectivity index (χ1v) is 8.71. The minimum atomic E-state index is -0.255. The van der Waals surface area contributed by atoms with E-state index >= 15 is 0 Å². The monoisotopic (exact) mass is 368 g/mol. The summed E-state index contributed by atoms with van der Waals surface area (Å²) in [5, 5.41) is 5.20. The zero-order valence-electron chi connectivity index (χ0n) is 13.4. The number of hydrogen-bond acceptors (Lipinski definition) is 7. The highest BCUT2D eigenvalue weighted by molar-refractivity contribution is 7.14. The van der Waals surface area contributed by atoms with Crippen LogP contribution in [-0.4, -0.2) is 24.5 Å². The van der Waals surface area contributed by atoms with E-state index in [0.29, 0.717) is 27.9 Å². The molecule has 0 saturated heterocycles. The summed E-state index contributed by atoms with van der Waals surface area (Å²) in [6.45, 7) is 0.401. The molecule has 1 aromatic heterocycles. The Morgan fingerprint density at radius 1 is 0.923 bits per heavy atom. The number of hydrogen-bond donors (Lipinski definition) is 1. The molecule has 26 heavy (non-hydrogen) atoms. The number of rotatable bonds is 3. The van der Waals surface area contributed by atoms with E-state index in [4.69, 9.17) is 18.9 Å². The van der Waals surface area contributed by atoms with Crippen LogP contribution in [0.1, 0.15) is 10.4 Å². The topological polar surface area (TPSA) is 78.9 Å². The molecule has 7 nitrogen and oxygen atoms in total. The van der Waals surface area contributed by atoms with Crippen LogP contribution >= 0.6 is 11.3 Å². The summed E-state index contributed by atoms with van der Waals surface area (Å²) < 4.78 is 21.3. The minimum Gasteiger partial charge on any atom is -0.454 e. The van der Waals surface area contributed by atoms with Crippen LogP contribution in [0.15, 0.2) is 41.8 Å². The molecule has 2 aromatic carbocycles. The van der Waals surface area contributed by atoms with E-state index in [9.17, 15) is 4.79 Å². The summed E-state index contributed by atoms with van der Waals surface area (Å²) >= 11 is 1.36. The molecule has 0 aliphatic carbocycles. The summed E-state index contributed by atoms with van der Waals surface area (Å²) in [7, 11) is 0. The van der Waals surface area contributed by atoms with Crippen LogP contribution in [0, 0.1) is 0 Å². The van der Waals surface area contributed by atoms with Crippen LogP contribution in [0.25, 0.3) is 11.3 Å². The Kier molecular flexibility index (Phi) is 3.42. The second kappa shape index (κ2) is 5.92.